The van der Waals surface area contributed by atoms with Crippen molar-refractivity contribution >= 4 is 17.7 Å². The van der Waals surface area contributed by atoms with E-state index in [0.29, 0.717) is 24.4 Å². The van der Waals surface area contributed by atoms with Gasteiger partial charge < -0.3 is 20.5 Å². The molecule has 2 rings (SSSR count). The highest BCUT2D eigenvalue weighted by Gasteiger charge is 2.15. The van der Waals surface area contributed by atoms with Crippen LogP contribution >= 0.6 is 0 Å². The Morgan fingerprint density at radius 2 is 2.00 bits per heavy atom. The quantitative estimate of drug-likeness (QED) is 0.684. The summed E-state index contributed by atoms with van der Waals surface area (Å²) >= 11 is 0. The number of aromatic nitrogens is 1. The maximum Gasteiger partial charge on any atom is 0.319 e. The Balaban J connectivity index is 1.98. The van der Waals surface area contributed by atoms with E-state index in [9.17, 15) is 9.59 Å². The van der Waals surface area contributed by atoms with Gasteiger partial charge in [0.05, 0.1) is 7.11 Å². The second-order valence-electron chi connectivity index (χ2n) is 5.50. The van der Waals surface area contributed by atoms with Crippen molar-refractivity contribution in [1.82, 2.24) is 10.3 Å². The van der Waals surface area contributed by atoms with Gasteiger partial charge in [0.25, 0.3) is 0 Å². The normalized spacial score (nSPS) is 11.4. The minimum atomic E-state index is -0.890. The maximum atomic E-state index is 12.2. The van der Waals surface area contributed by atoms with Gasteiger partial charge in [-0.1, -0.05) is 30.3 Å². The number of nitrogens with zero attached hydrogens (tertiary/aromatic N) is 1. The number of anilines is 1. The van der Waals surface area contributed by atoms with Crippen LogP contribution in [0, 0.1) is 0 Å². The van der Waals surface area contributed by atoms with Gasteiger partial charge in [-0.3, -0.25) is 4.79 Å². The van der Waals surface area contributed by atoms with Crippen LogP contribution in [0.25, 0.3) is 0 Å². The van der Waals surface area contributed by atoms with Crippen molar-refractivity contribution in [3.63, 3.8) is 0 Å². The number of hydrogen-bond donors (Lipinski definition) is 3. The summed E-state index contributed by atoms with van der Waals surface area (Å²) in [7, 11) is 1.49. The van der Waals surface area contributed by atoms with Crippen LogP contribution in [0.2, 0.25) is 0 Å². The Labute approximate surface area is 146 Å². The highest BCUT2D eigenvalue weighted by Crippen LogP contribution is 2.14. The molecule has 0 saturated heterocycles. The smallest absolute Gasteiger partial charge is 0.319 e. The predicted molar refractivity (Wildman–Crippen MR) is 93.7 cm³/mol. The number of carbonyl (C=O) groups excluding carboxylic acids is 1. The molecule has 1 aromatic carbocycles. The minimum Gasteiger partial charge on any atom is -0.481 e. The van der Waals surface area contributed by atoms with Gasteiger partial charge in [0, 0.05) is 30.4 Å². The molecule has 2 amide bonds. The van der Waals surface area contributed by atoms with Gasteiger partial charge in [-0.15, -0.1) is 0 Å². The van der Waals surface area contributed by atoms with E-state index in [2.05, 4.69) is 15.6 Å². The standard InChI is InChI=1S/C18H21N3O4/c1-25-16-12-15(9-10-19-16)21-18(24)20-14(7-8-17(22)23)11-13-5-3-2-4-6-13/h2-6,9-10,12,14H,7-8,11H2,1H3,(H,22,23)(H2,19,20,21,24). The molecule has 0 spiro atoms. The molecule has 2 aromatic rings. The first-order chi connectivity index (χ1) is 12.1. The summed E-state index contributed by atoms with van der Waals surface area (Å²) in [6.07, 6.45) is 2.42. The number of benzene rings is 1. The molecule has 0 aliphatic carbocycles. The van der Waals surface area contributed by atoms with E-state index in [0.717, 1.165) is 5.56 Å². The first-order valence-electron chi connectivity index (χ1n) is 7.90. The summed E-state index contributed by atoms with van der Waals surface area (Å²) < 4.78 is 5.01. The van der Waals surface area contributed by atoms with Crippen LogP contribution in [-0.4, -0.2) is 35.2 Å². The van der Waals surface area contributed by atoms with Crippen molar-refractivity contribution in [3.8, 4) is 5.88 Å². The van der Waals surface area contributed by atoms with Gasteiger partial charge in [-0.05, 0) is 24.5 Å². The molecule has 1 heterocycles. The van der Waals surface area contributed by atoms with Crippen LogP contribution in [-0.2, 0) is 11.2 Å². The number of aliphatic carboxylic acids is 1. The first-order valence-corrected chi connectivity index (χ1v) is 7.90. The molecule has 1 unspecified atom stereocenters. The summed E-state index contributed by atoms with van der Waals surface area (Å²) in [4.78, 5) is 27.1. The lowest BCUT2D eigenvalue weighted by Gasteiger charge is -2.19. The third-order valence-electron chi connectivity index (χ3n) is 3.57. The van der Waals surface area contributed by atoms with Crippen molar-refractivity contribution in [2.75, 3.05) is 12.4 Å². The lowest BCUT2D eigenvalue weighted by molar-refractivity contribution is -0.137. The number of hydrogen-bond acceptors (Lipinski definition) is 4. The SMILES string of the molecule is COc1cc(NC(=O)NC(CCC(=O)O)Cc2ccccc2)ccn1. The van der Waals surface area contributed by atoms with Crippen molar-refractivity contribution in [3.05, 3.63) is 54.2 Å². The van der Waals surface area contributed by atoms with Crippen molar-refractivity contribution in [2.24, 2.45) is 0 Å². The maximum absolute atomic E-state index is 12.2. The molecule has 1 aromatic heterocycles. The number of ether oxygens (including phenoxy) is 1. The van der Waals surface area contributed by atoms with Crippen molar-refractivity contribution in [1.29, 1.82) is 0 Å². The van der Waals surface area contributed by atoms with Crippen molar-refractivity contribution < 1.29 is 19.4 Å². The molecule has 7 nitrogen and oxygen atoms in total. The fourth-order valence-electron chi connectivity index (χ4n) is 2.37. The average molecular weight is 343 g/mol. The largest absolute Gasteiger partial charge is 0.481 e. The third-order valence-corrected chi connectivity index (χ3v) is 3.57. The van der Waals surface area contributed by atoms with Gasteiger partial charge >= 0.3 is 12.0 Å². The number of rotatable bonds is 8. The molecule has 1 atom stereocenters. The fraction of sp³-hybridized carbons (Fsp3) is 0.278. The molecule has 25 heavy (non-hydrogen) atoms. The number of amides is 2. The van der Waals surface area contributed by atoms with E-state index in [1.807, 2.05) is 30.3 Å². The van der Waals surface area contributed by atoms with E-state index in [-0.39, 0.29) is 12.5 Å². The molecule has 0 aliphatic heterocycles. The van der Waals surface area contributed by atoms with Crippen LogP contribution < -0.4 is 15.4 Å². The molecule has 0 fully saturated rings. The molecule has 132 valence electrons. The average Bonchev–Trinajstić information content (AvgIpc) is 2.60. The number of urea groups is 1. The van der Waals surface area contributed by atoms with Gasteiger partial charge in [0.1, 0.15) is 0 Å². The summed E-state index contributed by atoms with van der Waals surface area (Å²) in [5.74, 6) is -0.497. The number of carbonyl (C=O) groups is 2. The predicted octanol–water partition coefficient (Wildman–Crippen LogP) is 2.69. The van der Waals surface area contributed by atoms with E-state index in [1.54, 1.807) is 12.1 Å². The molecule has 0 bridgehead atoms. The van der Waals surface area contributed by atoms with E-state index in [4.69, 9.17) is 9.84 Å². The van der Waals surface area contributed by atoms with Crippen LogP contribution in [0.5, 0.6) is 5.88 Å². The highest BCUT2D eigenvalue weighted by atomic mass is 16.5. The number of methoxy groups -OCH3 is 1. The summed E-state index contributed by atoms with van der Waals surface area (Å²) in [5.41, 5.74) is 1.57. The topological polar surface area (TPSA) is 101 Å². The van der Waals surface area contributed by atoms with E-state index >= 15 is 0 Å². The molecule has 0 saturated carbocycles. The van der Waals surface area contributed by atoms with Crippen LogP contribution in [0.4, 0.5) is 10.5 Å². The molecule has 0 aliphatic rings. The zero-order valence-electron chi connectivity index (χ0n) is 13.9. The Hall–Kier alpha value is -3.09. The van der Waals surface area contributed by atoms with Gasteiger partial charge in [0.15, 0.2) is 0 Å². The van der Waals surface area contributed by atoms with Crippen LogP contribution in [0.3, 0.4) is 0 Å². The number of pyridine rings is 1. The fourth-order valence-corrected chi connectivity index (χ4v) is 2.37. The van der Waals surface area contributed by atoms with E-state index < -0.39 is 12.0 Å². The number of carboxylic acid groups (broad SMARTS) is 1. The summed E-state index contributed by atoms with van der Waals surface area (Å²) in [5, 5.41) is 14.4. The van der Waals surface area contributed by atoms with E-state index in [1.165, 1.54) is 13.3 Å². The third kappa shape index (κ3) is 6.50. The number of carboxylic acids is 1. The zero-order chi connectivity index (χ0) is 18.1. The lowest BCUT2D eigenvalue weighted by Crippen LogP contribution is -2.39. The van der Waals surface area contributed by atoms with Gasteiger partial charge in [-0.2, -0.15) is 0 Å². The Morgan fingerprint density at radius 1 is 1.24 bits per heavy atom. The number of nitrogens with one attached hydrogen (secondary N) is 2. The van der Waals surface area contributed by atoms with Crippen LogP contribution in [0.1, 0.15) is 18.4 Å². The molecular formula is C18H21N3O4. The molecule has 0 radical (unpaired) electrons. The second-order valence-corrected chi connectivity index (χ2v) is 5.50. The summed E-state index contributed by atoms with van der Waals surface area (Å²) in [6.45, 7) is 0. The Bertz CT molecular complexity index is 706. The monoisotopic (exact) mass is 343 g/mol. The molecular weight excluding hydrogens is 322 g/mol. The minimum absolute atomic E-state index is 0.0130. The molecule has 3 N–H and O–H groups in total. The summed E-state index contributed by atoms with van der Waals surface area (Å²) in [6, 6.07) is 12.2. The van der Waals surface area contributed by atoms with Gasteiger partial charge in [-0.25, -0.2) is 9.78 Å². The van der Waals surface area contributed by atoms with Crippen LogP contribution in [0.15, 0.2) is 48.7 Å². The van der Waals surface area contributed by atoms with Crippen molar-refractivity contribution in [2.45, 2.75) is 25.3 Å². The Kier molecular flexibility index (Phi) is 6.76. The molecule has 7 heteroatoms. The Morgan fingerprint density at radius 3 is 2.68 bits per heavy atom. The second kappa shape index (κ2) is 9.27. The van der Waals surface area contributed by atoms with Gasteiger partial charge in [0.2, 0.25) is 5.88 Å². The zero-order valence-corrected chi connectivity index (χ0v) is 13.9. The lowest BCUT2D eigenvalue weighted by atomic mass is 10.0. The highest BCUT2D eigenvalue weighted by molar-refractivity contribution is 5.89. The first kappa shape index (κ1) is 18.3.